The van der Waals surface area contributed by atoms with Crippen LogP contribution in [-0.2, 0) is 14.4 Å². The van der Waals surface area contributed by atoms with Crippen LogP contribution in [0.1, 0.15) is 31.9 Å². The first kappa shape index (κ1) is 22.4. The molecule has 0 bridgehead atoms. The van der Waals surface area contributed by atoms with Gasteiger partial charge in [-0.05, 0) is 62.2 Å². The summed E-state index contributed by atoms with van der Waals surface area (Å²) in [5, 5.41) is 0. The van der Waals surface area contributed by atoms with Crippen LogP contribution in [0.4, 0.5) is 0 Å². The zero-order valence-electron chi connectivity index (χ0n) is 17.1. The van der Waals surface area contributed by atoms with E-state index in [9.17, 15) is 14.4 Å². The SMILES string of the molecule is C=C(C)C(=O)Oc1ccc(/C(C)=C/c2ccc(OC(=O)C(=C)C)cc2OC=O)cc1. The molecule has 0 heterocycles. The van der Waals surface area contributed by atoms with Crippen LogP contribution >= 0.6 is 0 Å². The van der Waals surface area contributed by atoms with Crippen molar-refractivity contribution in [2.24, 2.45) is 0 Å². The number of hydrogen-bond donors (Lipinski definition) is 0. The van der Waals surface area contributed by atoms with E-state index in [2.05, 4.69) is 13.2 Å². The molecule has 6 heteroatoms. The Balaban J connectivity index is 2.26. The molecule has 6 nitrogen and oxygen atoms in total. The lowest BCUT2D eigenvalue weighted by Gasteiger charge is -2.10. The summed E-state index contributed by atoms with van der Waals surface area (Å²) in [6, 6.07) is 11.7. The van der Waals surface area contributed by atoms with E-state index < -0.39 is 11.9 Å². The summed E-state index contributed by atoms with van der Waals surface area (Å²) in [6.45, 7) is 12.4. The van der Waals surface area contributed by atoms with E-state index in [-0.39, 0.29) is 17.1 Å². The number of esters is 2. The molecule has 0 unspecified atom stereocenters. The molecular formula is C24H22O6. The Bertz CT molecular complexity index is 1030. The molecule has 0 atom stereocenters. The van der Waals surface area contributed by atoms with Crippen LogP contribution in [-0.4, -0.2) is 18.4 Å². The van der Waals surface area contributed by atoms with Gasteiger partial charge in [0.1, 0.15) is 17.2 Å². The molecule has 0 fully saturated rings. The average Bonchev–Trinajstić information content (AvgIpc) is 2.70. The highest BCUT2D eigenvalue weighted by molar-refractivity contribution is 5.89. The lowest BCUT2D eigenvalue weighted by Crippen LogP contribution is -2.08. The monoisotopic (exact) mass is 406 g/mol. The molecule has 0 aromatic heterocycles. The highest BCUT2D eigenvalue weighted by Crippen LogP contribution is 2.29. The first-order valence-electron chi connectivity index (χ1n) is 8.99. The van der Waals surface area contributed by atoms with Gasteiger partial charge >= 0.3 is 11.9 Å². The standard InChI is InChI=1S/C24H22O6/c1-15(2)23(26)29-20-9-6-18(7-10-20)17(5)12-19-8-11-21(13-22(19)28-14-25)30-24(27)16(3)4/h6-14H,1,3H2,2,4-5H3/b17-12+. The van der Waals surface area contributed by atoms with E-state index in [0.717, 1.165) is 11.1 Å². The molecule has 2 aromatic rings. The molecule has 0 N–H and O–H groups in total. The van der Waals surface area contributed by atoms with Crippen molar-refractivity contribution in [2.75, 3.05) is 0 Å². The second-order valence-electron chi connectivity index (χ2n) is 6.61. The lowest BCUT2D eigenvalue weighted by atomic mass is 10.0. The van der Waals surface area contributed by atoms with Gasteiger partial charge in [0.2, 0.25) is 0 Å². The van der Waals surface area contributed by atoms with Crippen molar-refractivity contribution < 1.29 is 28.6 Å². The maximum atomic E-state index is 11.7. The molecule has 0 radical (unpaired) electrons. The minimum atomic E-state index is -0.570. The fraction of sp³-hybridized carbons (Fsp3) is 0.125. The van der Waals surface area contributed by atoms with Crippen LogP contribution in [0.15, 0.2) is 66.8 Å². The van der Waals surface area contributed by atoms with Crippen LogP contribution < -0.4 is 14.2 Å². The molecule has 0 saturated heterocycles. The molecule has 0 aliphatic rings. The first-order valence-corrected chi connectivity index (χ1v) is 8.99. The average molecular weight is 406 g/mol. The molecule has 154 valence electrons. The highest BCUT2D eigenvalue weighted by Gasteiger charge is 2.10. The maximum Gasteiger partial charge on any atom is 0.338 e. The fourth-order valence-electron chi connectivity index (χ4n) is 2.34. The zero-order chi connectivity index (χ0) is 22.3. The number of ether oxygens (including phenoxy) is 3. The van der Waals surface area contributed by atoms with E-state index in [1.807, 2.05) is 13.0 Å². The molecular weight excluding hydrogens is 384 g/mol. The van der Waals surface area contributed by atoms with Crippen LogP contribution in [0.25, 0.3) is 11.6 Å². The molecule has 30 heavy (non-hydrogen) atoms. The third kappa shape index (κ3) is 6.04. The third-order valence-corrected chi connectivity index (χ3v) is 3.96. The normalized spacial score (nSPS) is 10.7. The van der Waals surface area contributed by atoms with Gasteiger partial charge in [-0.2, -0.15) is 0 Å². The van der Waals surface area contributed by atoms with Gasteiger partial charge in [-0.15, -0.1) is 0 Å². The zero-order valence-corrected chi connectivity index (χ0v) is 17.1. The summed E-state index contributed by atoms with van der Waals surface area (Å²) in [4.78, 5) is 34.2. The van der Waals surface area contributed by atoms with E-state index in [0.29, 0.717) is 23.4 Å². The van der Waals surface area contributed by atoms with Gasteiger partial charge in [-0.1, -0.05) is 25.3 Å². The maximum absolute atomic E-state index is 11.7. The van der Waals surface area contributed by atoms with Crippen LogP contribution in [0.2, 0.25) is 0 Å². The Kier molecular flexibility index (Phi) is 7.47. The summed E-state index contributed by atoms with van der Waals surface area (Å²) >= 11 is 0. The van der Waals surface area contributed by atoms with Crippen molar-refractivity contribution in [3.8, 4) is 17.2 Å². The minimum Gasteiger partial charge on any atom is -0.428 e. The quantitative estimate of drug-likeness (QED) is 0.207. The van der Waals surface area contributed by atoms with Crippen LogP contribution in [0.3, 0.4) is 0 Å². The highest BCUT2D eigenvalue weighted by atomic mass is 16.5. The van der Waals surface area contributed by atoms with E-state index >= 15 is 0 Å². The van der Waals surface area contributed by atoms with Crippen LogP contribution in [0, 0.1) is 0 Å². The van der Waals surface area contributed by atoms with Crippen molar-refractivity contribution in [1.29, 1.82) is 0 Å². The van der Waals surface area contributed by atoms with Gasteiger partial charge < -0.3 is 14.2 Å². The molecule has 0 aliphatic heterocycles. The smallest absolute Gasteiger partial charge is 0.338 e. The number of benzene rings is 2. The van der Waals surface area contributed by atoms with Crippen molar-refractivity contribution in [3.63, 3.8) is 0 Å². The number of carbonyl (C=O) groups excluding carboxylic acids is 3. The fourth-order valence-corrected chi connectivity index (χ4v) is 2.34. The molecule has 0 aliphatic carbocycles. The van der Waals surface area contributed by atoms with Gasteiger partial charge in [-0.25, -0.2) is 9.59 Å². The largest absolute Gasteiger partial charge is 0.428 e. The van der Waals surface area contributed by atoms with Crippen molar-refractivity contribution >= 4 is 30.1 Å². The molecule has 0 saturated carbocycles. The van der Waals surface area contributed by atoms with Gasteiger partial charge in [0.25, 0.3) is 6.47 Å². The Labute approximate surface area is 175 Å². The van der Waals surface area contributed by atoms with Gasteiger partial charge in [0, 0.05) is 22.8 Å². The Morgan fingerprint density at radius 1 is 0.833 bits per heavy atom. The number of hydrogen-bond acceptors (Lipinski definition) is 6. The second kappa shape index (κ2) is 10.0. The number of rotatable bonds is 8. The second-order valence-corrected chi connectivity index (χ2v) is 6.61. The Hall–Kier alpha value is -3.93. The Morgan fingerprint density at radius 2 is 1.37 bits per heavy atom. The summed E-state index contributed by atoms with van der Waals surface area (Å²) in [6.07, 6.45) is 1.82. The first-order chi connectivity index (χ1) is 14.2. The predicted octanol–water partition coefficient (Wildman–Crippen LogP) is 4.75. The molecule has 2 aromatic carbocycles. The summed E-state index contributed by atoms with van der Waals surface area (Å²) in [7, 11) is 0. The topological polar surface area (TPSA) is 78.9 Å². The van der Waals surface area contributed by atoms with E-state index in [1.54, 1.807) is 43.3 Å². The Morgan fingerprint density at radius 3 is 1.90 bits per heavy atom. The van der Waals surface area contributed by atoms with Crippen molar-refractivity contribution in [2.45, 2.75) is 20.8 Å². The molecule has 2 rings (SSSR count). The summed E-state index contributed by atoms with van der Waals surface area (Å²) < 4.78 is 15.4. The summed E-state index contributed by atoms with van der Waals surface area (Å²) in [5.74, 6) is -0.174. The molecule has 0 amide bonds. The number of carbonyl (C=O) groups is 3. The number of allylic oxidation sites excluding steroid dienone is 1. The van der Waals surface area contributed by atoms with Gasteiger partial charge in [0.15, 0.2) is 0 Å². The van der Waals surface area contributed by atoms with E-state index in [4.69, 9.17) is 14.2 Å². The predicted molar refractivity (Wildman–Crippen MR) is 114 cm³/mol. The van der Waals surface area contributed by atoms with Crippen molar-refractivity contribution in [3.05, 3.63) is 77.9 Å². The van der Waals surface area contributed by atoms with E-state index in [1.165, 1.54) is 13.0 Å². The van der Waals surface area contributed by atoms with Crippen molar-refractivity contribution in [1.82, 2.24) is 0 Å². The van der Waals surface area contributed by atoms with Gasteiger partial charge in [0.05, 0.1) is 0 Å². The minimum absolute atomic E-state index is 0.235. The van der Waals surface area contributed by atoms with Gasteiger partial charge in [-0.3, -0.25) is 4.79 Å². The third-order valence-electron chi connectivity index (χ3n) is 3.96. The summed E-state index contributed by atoms with van der Waals surface area (Å²) in [5.41, 5.74) is 2.93. The lowest BCUT2D eigenvalue weighted by molar-refractivity contribution is -0.130. The van der Waals surface area contributed by atoms with Crippen LogP contribution in [0.5, 0.6) is 17.2 Å². The molecule has 0 spiro atoms.